The summed E-state index contributed by atoms with van der Waals surface area (Å²) in [6, 6.07) is 11.6. The van der Waals surface area contributed by atoms with Crippen molar-refractivity contribution in [1.82, 2.24) is 0 Å². The lowest BCUT2D eigenvalue weighted by atomic mass is 10.0. The van der Waals surface area contributed by atoms with Gasteiger partial charge in [-0.2, -0.15) is 0 Å². The van der Waals surface area contributed by atoms with E-state index < -0.39 is 0 Å². The number of carbonyl (C=O) groups excluding carboxylic acids is 1. The van der Waals surface area contributed by atoms with Crippen LogP contribution in [-0.2, 0) is 17.6 Å². The van der Waals surface area contributed by atoms with E-state index in [2.05, 4.69) is 15.9 Å². The highest BCUT2D eigenvalue weighted by Crippen LogP contribution is 2.24. The molecule has 0 aromatic heterocycles. The van der Waals surface area contributed by atoms with Crippen molar-refractivity contribution in [2.75, 3.05) is 7.11 Å². The van der Waals surface area contributed by atoms with E-state index >= 15 is 0 Å². The zero-order valence-electron chi connectivity index (χ0n) is 11.0. The molecular weight excluding hydrogens is 323 g/mol. The van der Waals surface area contributed by atoms with Gasteiger partial charge in [-0.3, -0.25) is 4.79 Å². The van der Waals surface area contributed by atoms with Gasteiger partial charge in [0.2, 0.25) is 0 Å². The van der Waals surface area contributed by atoms with Gasteiger partial charge < -0.3 is 4.74 Å². The van der Waals surface area contributed by atoms with E-state index in [0.717, 1.165) is 15.6 Å². The van der Waals surface area contributed by atoms with Crippen LogP contribution >= 0.6 is 15.9 Å². The highest BCUT2D eigenvalue weighted by atomic mass is 79.9. The Balaban J connectivity index is 2.08. The molecule has 2 aromatic carbocycles. The van der Waals surface area contributed by atoms with E-state index in [1.54, 1.807) is 19.2 Å². The van der Waals surface area contributed by atoms with Crippen LogP contribution in [-0.4, -0.2) is 12.9 Å². The van der Waals surface area contributed by atoms with Gasteiger partial charge in [0.15, 0.2) is 0 Å². The average molecular weight is 337 g/mol. The number of ketones is 1. The molecule has 4 heteroatoms. The number of carbonyl (C=O) groups is 1. The van der Waals surface area contributed by atoms with Crippen molar-refractivity contribution in [3.05, 3.63) is 63.9 Å². The molecule has 0 aliphatic heterocycles. The number of benzene rings is 2. The largest absolute Gasteiger partial charge is 0.496 e. The minimum Gasteiger partial charge on any atom is -0.496 e. The minimum atomic E-state index is -0.296. The molecule has 0 saturated heterocycles. The van der Waals surface area contributed by atoms with Gasteiger partial charge >= 0.3 is 0 Å². The first-order chi connectivity index (χ1) is 9.58. The Morgan fingerprint density at radius 2 is 1.85 bits per heavy atom. The van der Waals surface area contributed by atoms with E-state index in [1.807, 2.05) is 18.2 Å². The first-order valence-electron chi connectivity index (χ1n) is 6.17. The maximum Gasteiger partial charge on any atom is 0.141 e. The van der Waals surface area contributed by atoms with E-state index in [0.29, 0.717) is 12.2 Å². The third kappa shape index (κ3) is 3.90. The Morgan fingerprint density at radius 3 is 2.50 bits per heavy atom. The molecule has 0 saturated carbocycles. The fourth-order valence-corrected chi connectivity index (χ4v) is 2.40. The molecule has 0 radical (unpaired) electrons. The molecular formula is C16H14BrFO2. The summed E-state index contributed by atoms with van der Waals surface area (Å²) >= 11 is 3.38. The second-order valence-corrected chi connectivity index (χ2v) is 5.39. The van der Waals surface area contributed by atoms with Crippen LogP contribution in [0, 0.1) is 5.82 Å². The van der Waals surface area contributed by atoms with E-state index in [-0.39, 0.29) is 18.0 Å². The molecule has 0 aliphatic rings. The maximum absolute atomic E-state index is 12.8. The highest BCUT2D eigenvalue weighted by Gasteiger charge is 2.10. The Morgan fingerprint density at radius 1 is 1.15 bits per heavy atom. The predicted molar refractivity (Wildman–Crippen MR) is 79.5 cm³/mol. The molecule has 0 spiro atoms. The topological polar surface area (TPSA) is 26.3 Å². The van der Waals surface area contributed by atoms with Crippen molar-refractivity contribution in [1.29, 1.82) is 0 Å². The van der Waals surface area contributed by atoms with Gasteiger partial charge in [-0.25, -0.2) is 4.39 Å². The summed E-state index contributed by atoms with van der Waals surface area (Å²) in [5.74, 6) is 0.462. The van der Waals surface area contributed by atoms with Crippen molar-refractivity contribution in [2.45, 2.75) is 12.8 Å². The van der Waals surface area contributed by atoms with Gasteiger partial charge in [0, 0.05) is 22.9 Å². The van der Waals surface area contributed by atoms with Gasteiger partial charge in [-0.15, -0.1) is 0 Å². The lowest BCUT2D eigenvalue weighted by Gasteiger charge is -2.08. The molecule has 2 nitrogen and oxygen atoms in total. The van der Waals surface area contributed by atoms with Crippen molar-refractivity contribution >= 4 is 21.7 Å². The predicted octanol–water partition coefficient (Wildman–Crippen LogP) is 3.95. The Labute approximate surface area is 125 Å². The Bertz CT molecular complexity index is 608. The van der Waals surface area contributed by atoms with Crippen LogP contribution in [0.2, 0.25) is 0 Å². The van der Waals surface area contributed by atoms with E-state index in [9.17, 15) is 9.18 Å². The molecule has 104 valence electrons. The third-order valence-corrected chi connectivity index (χ3v) is 3.44. The zero-order chi connectivity index (χ0) is 14.5. The summed E-state index contributed by atoms with van der Waals surface area (Å²) in [5, 5.41) is 0. The molecule has 2 aromatic rings. The van der Waals surface area contributed by atoms with E-state index in [1.165, 1.54) is 12.1 Å². The number of Topliss-reactive ketones (excluding diaryl/α,β-unsaturated/α-hetero) is 1. The molecule has 0 heterocycles. The molecule has 0 amide bonds. The molecule has 20 heavy (non-hydrogen) atoms. The first kappa shape index (κ1) is 14.7. The van der Waals surface area contributed by atoms with Crippen LogP contribution in [0.25, 0.3) is 0 Å². The van der Waals surface area contributed by atoms with Crippen LogP contribution in [0.3, 0.4) is 0 Å². The summed E-state index contributed by atoms with van der Waals surface area (Å²) in [6.07, 6.45) is 0.579. The number of ether oxygens (including phenoxy) is 1. The fraction of sp³-hybridized carbons (Fsp3) is 0.188. The summed E-state index contributed by atoms with van der Waals surface area (Å²) in [4.78, 5) is 12.1. The summed E-state index contributed by atoms with van der Waals surface area (Å²) in [7, 11) is 1.58. The zero-order valence-corrected chi connectivity index (χ0v) is 12.6. The number of rotatable bonds is 5. The SMILES string of the molecule is COc1ccc(Br)cc1CC(=O)Cc1ccc(F)cc1. The van der Waals surface area contributed by atoms with Gasteiger partial charge in [0.25, 0.3) is 0 Å². The first-order valence-corrected chi connectivity index (χ1v) is 6.96. The monoisotopic (exact) mass is 336 g/mol. The molecule has 0 bridgehead atoms. The Hall–Kier alpha value is -1.68. The highest BCUT2D eigenvalue weighted by molar-refractivity contribution is 9.10. The summed E-state index contributed by atoms with van der Waals surface area (Å²) < 4.78 is 19.0. The maximum atomic E-state index is 12.8. The molecule has 0 atom stereocenters. The standard InChI is InChI=1S/C16H14BrFO2/c1-20-16-7-4-13(17)9-12(16)10-15(19)8-11-2-5-14(18)6-3-11/h2-7,9H,8,10H2,1H3. The average Bonchev–Trinajstić information content (AvgIpc) is 2.41. The molecule has 0 aliphatic carbocycles. The third-order valence-electron chi connectivity index (χ3n) is 2.94. The molecule has 0 fully saturated rings. The fourth-order valence-electron chi connectivity index (χ4n) is 1.99. The van der Waals surface area contributed by atoms with Gasteiger partial charge in [0.1, 0.15) is 17.3 Å². The number of hydrogen-bond donors (Lipinski definition) is 0. The number of halogens is 2. The minimum absolute atomic E-state index is 0.0630. The molecule has 2 rings (SSSR count). The Kier molecular flexibility index (Phi) is 4.90. The number of hydrogen-bond acceptors (Lipinski definition) is 2. The van der Waals surface area contributed by atoms with Crippen LogP contribution in [0.4, 0.5) is 4.39 Å². The van der Waals surface area contributed by atoms with Crippen molar-refractivity contribution in [2.24, 2.45) is 0 Å². The quantitative estimate of drug-likeness (QED) is 0.826. The van der Waals surface area contributed by atoms with E-state index in [4.69, 9.17) is 4.74 Å². The normalized spacial score (nSPS) is 10.3. The lowest BCUT2D eigenvalue weighted by molar-refractivity contribution is -0.117. The second-order valence-electron chi connectivity index (χ2n) is 4.47. The van der Waals surface area contributed by atoms with Crippen LogP contribution < -0.4 is 4.74 Å². The van der Waals surface area contributed by atoms with Crippen LogP contribution in [0.15, 0.2) is 46.9 Å². The van der Waals surface area contributed by atoms with Gasteiger partial charge in [-0.05, 0) is 35.9 Å². The molecule has 0 unspecified atom stereocenters. The summed E-state index contributed by atoms with van der Waals surface area (Å²) in [6.45, 7) is 0. The summed E-state index contributed by atoms with van der Waals surface area (Å²) in [5.41, 5.74) is 1.65. The second kappa shape index (κ2) is 6.66. The lowest BCUT2D eigenvalue weighted by Crippen LogP contribution is -2.07. The smallest absolute Gasteiger partial charge is 0.141 e. The van der Waals surface area contributed by atoms with Gasteiger partial charge in [0.05, 0.1) is 7.11 Å². The number of methoxy groups -OCH3 is 1. The van der Waals surface area contributed by atoms with Crippen molar-refractivity contribution < 1.29 is 13.9 Å². The molecule has 0 N–H and O–H groups in total. The van der Waals surface area contributed by atoms with Gasteiger partial charge in [-0.1, -0.05) is 28.1 Å². The van der Waals surface area contributed by atoms with Crippen molar-refractivity contribution in [3.63, 3.8) is 0 Å². The van der Waals surface area contributed by atoms with Crippen LogP contribution in [0.5, 0.6) is 5.75 Å². The van der Waals surface area contributed by atoms with Crippen molar-refractivity contribution in [3.8, 4) is 5.75 Å². The van der Waals surface area contributed by atoms with Crippen LogP contribution in [0.1, 0.15) is 11.1 Å².